The first kappa shape index (κ1) is 14.5. The van der Waals surface area contributed by atoms with Crippen LogP contribution in [0.4, 0.5) is 5.69 Å². The first-order valence-corrected chi connectivity index (χ1v) is 7.09. The van der Waals surface area contributed by atoms with Gasteiger partial charge in [0.25, 0.3) is 0 Å². The third-order valence-electron chi connectivity index (χ3n) is 3.46. The van der Waals surface area contributed by atoms with E-state index in [-0.39, 0.29) is 5.43 Å². The summed E-state index contributed by atoms with van der Waals surface area (Å²) < 4.78 is 1.63. The molecule has 0 atom stereocenters. The fourth-order valence-electron chi connectivity index (χ4n) is 2.30. The van der Waals surface area contributed by atoms with Gasteiger partial charge in [0.1, 0.15) is 5.69 Å². The average Bonchev–Trinajstić information content (AvgIpc) is 2.57. The summed E-state index contributed by atoms with van der Waals surface area (Å²) in [5.74, 6) is 0. The van der Waals surface area contributed by atoms with Crippen molar-refractivity contribution in [2.24, 2.45) is 0 Å². The van der Waals surface area contributed by atoms with Crippen LogP contribution in [0.3, 0.4) is 0 Å². The maximum Gasteiger partial charge on any atom is 0.203 e. The summed E-state index contributed by atoms with van der Waals surface area (Å²) in [7, 11) is 0. The maximum atomic E-state index is 12.0. The summed E-state index contributed by atoms with van der Waals surface area (Å²) in [6, 6.07) is 18.0. The molecule has 112 valence electrons. The van der Waals surface area contributed by atoms with Gasteiger partial charge >= 0.3 is 0 Å². The standard InChI is InChI=1S/C18H14N4O/c19-12-13-4-6-16(7-5-13)22-9-8-18(23)17(21-22)11-14-2-1-3-15(20)10-14/h1-10H,11,20H2. The molecule has 0 aliphatic rings. The molecular weight excluding hydrogens is 288 g/mol. The van der Waals surface area contributed by atoms with E-state index in [9.17, 15) is 4.79 Å². The molecule has 0 aliphatic carbocycles. The zero-order valence-electron chi connectivity index (χ0n) is 12.3. The Kier molecular flexibility index (Phi) is 3.89. The predicted molar refractivity (Wildman–Crippen MR) is 88.2 cm³/mol. The summed E-state index contributed by atoms with van der Waals surface area (Å²) >= 11 is 0. The van der Waals surface area contributed by atoms with Crippen LogP contribution in [0.1, 0.15) is 16.8 Å². The predicted octanol–water partition coefficient (Wildman–Crippen LogP) is 2.28. The van der Waals surface area contributed by atoms with Gasteiger partial charge in [0.15, 0.2) is 0 Å². The molecule has 0 fully saturated rings. The van der Waals surface area contributed by atoms with Gasteiger partial charge in [0.2, 0.25) is 5.43 Å². The second-order valence-corrected chi connectivity index (χ2v) is 5.15. The molecule has 1 heterocycles. The lowest BCUT2D eigenvalue weighted by Crippen LogP contribution is -2.16. The highest BCUT2D eigenvalue weighted by atomic mass is 16.1. The fourth-order valence-corrected chi connectivity index (χ4v) is 2.30. The number of hydrogen-bond acceptors (Lipinski definition) is 4. The maximum absolute atomic E-state index is 12.0. The van der Waals surface area contributed by atoms with Crippen LogP contribution in [-0.2, 0) is 6.42 Å². The topological polar surface area (TPSA) is 84.7 Å². The Labute approximate surface area is 133 Å². The number of nitrogens with two attached hydrogens (primary N) is 1. The van der Waals surface area contributed by atoms with E-state index in [1.807, 2.05) is 18.2 Å². The molecule has 0 aliphatic heterocycles. The van der Waals surface area contributed by atoms with Crippen molar-refractivity contribution in [2.75, 3.05) is 5.73 Å². The number of benzene rings is 2. The average molecular weight is 302 g/mol. The van der Waals surface area contributed by atoms with Gasteiger partial charge in [-0.05, 0) is 42.0 Å². The molecule has 2 N–H and O–H groups in total. The summed E-state index contributed by atoms with van der Waals surface area (Å²) in [4.78, 5) is 12.0. The van der Waals surface area contributed by atoms with Crippen molar-refractivity contribution in [3.63, 3.8) is 0 Å². The highest BCUT2D eigenvalue weighted by molar-refractivity contribution is 5.42. The van der Waals surface area contributed by atoms with Crippen molar-refractivity contribution in [1.82, 2.24) is 9.78 Å². The Hall–Kier alpha value is -3.39. The summed E-state index contributed by atoms with van der Waals surface area (Å²) in [5.41, 5.74) is 9.07. The summed E-state index contributed by atoms with van der Waals surface area (Å²) in [5, 5.41) is 13.2. The number of nitriles is 1. The number of nitrogen functional groups attached to an aromatic ring is 1. The first-order chi connectivity index (χ1) is 11.2. The molecule has 1 aromatic heterocycles. The highest BCUT2D eigenvalue weighted by Crippen LogP contribution is 2.11. The number of anilines is 1. The summed E-state index contributed by atoms with van der Waals surface area (Å²) in [6.45, 7) is 0. The molecule has 5 heteroatoms. The molecule has 0 spiro atoms. The Morgan fingerprint density at radius 1 is 1.13 bits per heavy atom. The van der Waals surface area contributed by atoms with E-state index in [1.165, 1.54) is 6.07 Å². The SMILES string of the molecule is N#Cc1ccc(-n2ccc(=O)c(Cc3cccc(N)c3)n2)cc1. The zero-order valence-corrected chi connectivity index (χ0v) is 12.3. The van der Waals surface area contributed by atoms with E-state index in [0.717, 1.165) is 11.3 Å². The molecular formula is C18H14N4O. The van der Waals surface area contributed by atoms with Gasteiger partial charge < -0.3 is 5.73 Å². The van der Waals surface area contributed by atoms with Crippen molar-refractivity contribution >= 4 is 5.69 Å². The molecule has 3 aromatic rings. The minimum Gasteiger partial charge on any atom is -0.399 e. The van der Waals surface area contributed by atoms with E-state index in [4.69, 9.17) is 11.0 Å². The van der Waals surface area contributed by atoms with Gasteiger partial charge in [-0.3, -0.25) is 4.79 Å². The van der Waals surface area contributed by atoms with Gasteiger partial charge in [0.05, 0.1) is 17.3 Å². The third kappa shape index (κ3) is 3.27. The van der Waals surface area contributed by atoms with Crippen LogP contribution in [0.25, 0.3) is 5.69 Å². The Morgan fingerprint density at radius 2 is 1.91 bits per heavy atom. The minimum atomic E-state index is -0.114. The fraction of sp³-hybridized carbons (Fsp3) is 0.0556. The van der Waals surface area contributed by atoms with Crippen LogP contribution in [0, 0.1) is 11.3 Å². The second kappa shape index (κ2) is 6.16. The van der Waals surface area contributed by atoms with E-state index >= 15 is 0 Å². The number of hydrogen-bond donors (Lipinski definition) is 1. The van der Waals surface area contributed by atoms with E-state index in [1.54, 1.807) is 41.2 Å². The Balaban J connectivity index is 1.95. The molecule has 23 heavy (non-hydrogen) atoms. The van der Waals surface area contributed by atoms with Gasteiger partial charge in [-0.25, -0.2) is 4.68 Å². The van der Waals surface area contributed by atoms with Crippen LogP contribution < -0.4 is 11.2 Å². The number of rotatable bonds is 3. The van der Waals surface area contributed by atoms with E-state index in [0.29, 0.717) is 23.4 Å². The molecule has 0 amide bonds. The van der Waals surface area contributed by atoms with Crippen LogP contribution in [0.15, 0.2) is 65.6 Å². The van der Waals surface area contributed by atoms with Gasteiger partial charge in [-0.1, -0.05) is 12.1 Å². The van der Waals surface area contributed by atoms with Gasteiger partial charge in [-0.15, -0.1) is 0 Å². The first-order valence-electron chi connectivity index (χ1n) is 7.09. The molecule has 0 unspecified atom stereocenters. The minimum absolute atomic E-state index is 0.114. The highest BCUT2D eigenvalue weighted by Gasteiger charge is 2.06. The number of aromatic nitrogens is 2. The second-order valence-electron chi connectivity index (χ2n) is 5.15. The Morgan fingerprint density at radius 3 is 2.61 bits per heavy atom. The summed E-state index contributed by atoms with van der Waals surface area (Å²) in [6.07, 6.45) is 2.04. The zero-order chi connectivity index (χ0) is 16.2. The lowest BCUT2D eigenvalue weighted by atomic mass is 10.1. The third-order valence-corrected chi connectivity index (χ3v) is 3.46. The largest absolute Gasteiger partial charge is 0.399 e. The molecule has 5 nitrogen and oxygen atoms in total. The normalized spacial score (nSPS) is 10.2. The van der Waals surface area contributed by atoms with Crippen molar-refractivity contribution in [3.05, 3.63) is 87.8 Å². The monoisotopic (exact) mass is 302 g/mol. The molecule has 0 radical (unpaired) electrons. The van der Waals surface area contributed by atoms with E-state index < -0.39 is 0 Å². The quantitative estimate of drug-likeness (QED) is 0.752. The Bertz CT molecular complexity index is 936. The molecule has 0 saturated heterocycles. The van der Waals surface area contributed by atoms with Crippen molar-refractivity contribution in [1.29, 1.82) is 5.26 Å². The van der Waals surface area contributed by atoms with Crippen molar-refractivity contribution in [2.45, 2.75) is 6.42 Å². The molecule has 3 rings (SSSR count). The van der Waals surface area contributed by atoms with Crippen LogP contribution in [0.2, 0.25) is 0 Å². The molecule has 0 bridgehead atoms. The smallest absolute Gasteiger partial charge is 0.203 e. The van der Waals surface area contributed by atoms with Crippen molar-refractivity contribution < 1.29 is 0 Å². The van der Waals surface area contributed by atoms with Gasteiger partial charge in [-0.2, -0.15) is 10.4 Å². The van der Waals surface area contributed by atoms with Crippen LogP contribution >= 0.6 is 0 Å². The van der Waals surface area contributed by atoms with Crippen LogP contribution in [0.5, 0.6) is 0 Å². The van der Waals surface area contributed by atoms with Crippen LogP contribution in [-0.4, -0.2) is 9.78 Å². The van der Waals surface area contributed by atoms with Crippen molar-refractivity contribution in [3.8, 4) is 11.8 Å². The van der Waals surface area contributed by atoms with Gasteiger partial charge in [0, 0.05) is 24.4 Å². The van der Waals surface area contributed by atoms with E-state index in [2.05, 4.69) is 11.2 Å². The lowest BCUT2D eigenvalue weighted by Gasteiger charge is -2.08. The number of nitrogens with zero attached hydrogens (tertiary/aromatic N) is 3. The lowest BCUT2D eigenvalue weighted by molar-refractivity contribution is 0.792. The molecule has 2 aromatic carbocycles. The molecule has 0 saturated carbocycles.